The van der Waals surface area contributed by atoms with Gasteiger partial charge in [-0.25, -0.2) is 4.68 Å². The highest BCUT2D eigenvalue weighted by molar-refractivity contribution is 9.10. The van der Waals surface area contributed by atoms with Gasteiger partial charge in [-0.1, -0.05) is 34.1 Å². The third kappa shape index (κ3) is 4.32. The molecule has 4 rings (SSSR count). The molecule has 2 N–H and O–H groups in total. The van der Waals surface area contributed by atoms with Crippen molar-refractivity contribution in [1.29, 1.82) is 0 Å². The first kappa shape index (κ1) is 21.4. The number of carbonyl (C=O) groups is 1. The first-order chi connectivity index (χ1) is 14.6. The highest BCUT2D eigenvalue weighted by Crippen LogP contribution is 2.44. The fourth-order valence-electron chi connectivity index (χ4n) is 3.66. The van der Waals surface area contributed by atoms with Gasteiger partial charge >= 0.3 is 6.18 Å². The van der Waals surface area contributed by atoms with Crippen LogP contribution in [0.25, 0.3) is 0 Å². The fourth-order valence-corrected chi connectivity index (χ4v) is 3.92. The number of hydrogen-bond donors (Lipinski definition) is 2. The van der Waals surface area contributed by atoms with Crippen molar-refractivity contribution in [3.8, 4) is 0 Å². The Morgan fingerprint density at radius 2 is 1.87 bits per heavy atom. The molecule has 9 heteroatoms. The molecule has 162 valence electrons. The van der Waals surface area contributed by atoms with Gasteiger partial charge in [-0.05, 0) is 54.8 Å². The highest BCUT2D eigenvalue weighted by Gasteiger charge is 2.47. The summed E-state index contributed by atoms with van der Waals surface area (Å²) in [5.74, 6) is -0.461. The minimum Gasteiger partial charge on any atom is -0.363 e. The molecule has 31 heavy (non-hydrogen) atoms. The second-order valence-electron chi connectivity index (χ2n) is 7.65. The number of alkyl halides is 3. The van der Waals surface area contributed by atoms with Crippen molar-refractivity contribution in [2.45, 2.75) is 38.5 Å². The summed E-state index contributed by atoms with van der Waals surface area (Å²) in [5.41, 5.74) is 3.41. The molecule has 2 aromatic carbocycles. The predicted molar refractivity (Wildman–Crippen MR) is 116 cm³/mol. The van der Waals surface area contributed by atoms with Gasteiger partial charge in [-0.15, -0.1) is 0 Å². The maximum absolute atomic E-state index is 13.8. The highest BCUT2D eigenvalue weighted by atomic mass is 79.9. The van der Waals surface area contributed by atoms with Gasteiger partial charge < -0.3 is 10.6 Å². The SMILES string of the molecule is Cc1ccc(NC(=O)c2cnn3c2N[C@H](c2ccc(Br)cc2)C[C@H]3C(F)(F)F)cc1C. The molecule has 0 aliphatic carbocycles. The summed E-state index contributed by atoms with van der Waals surface area (Å²) < 4.78 is 43.1. The van der Waals surface area contributed by atoms with Crippen molar-refractivity contribution in [1.82, 2.24) is 9.78 Å². The van der Waals surface area contributed by atoms with Crippen LogP contribution in [-0.2, 0) is 0 Å². The Bertz CT molecular complexity index is 1120. The lowest BCUT2D eigenvalue weighted by atomic mass is 9.96. The van der Waals surface area contributed by atoms with Crippen molar-refractivity contribution in [2.75, 3.05) is 10.6 Å². The van der Waals surface area contributed by atoms with E-state index in [0.29, 0.717) is 11.3 Å². The number of carbonyl (C=O) groups excluding carboxylic acids is 1. The maximum Gasteiger partial charge on any atom is 0.410 e. The molecule has 1 aliphatic heterocycles. The Labute approximate surface area is 185 Å². The van der Waals surface area contributed by atoms with Crippen molar-refractivity contribution in [3.63, 3.8) is 0 Å². The van der Waals surface area contributed by atoms with Crippen molar-refractivity contribution in [2.24, 2.45) is 0 Å². The number of amides is 1. The van der Waals surface area contributed by atoms with E-state index in [0.717, 1.165) is 20.3 Å². The number of nitrogens with one attached hydrogen (secondary N) is 2. The number of rotatable bonds is 3. The van der Waals surface area contributed by atoms with Crippen molar-refractivity contribution in [3.05, 3.63) is 75.4 Å². The van der Waals surface area contributed by atoms with E-state index >= 15 is 0 Å². The number of halogens is 4. The third-order valence-electron chi connectivity index (χ3n) is 5.52. The minimum absolute atomic E-state index is 0.0582. The van der Waals surface area contributed by atoms with Crippen LogP contribution in [-0.4, -0.2) is 21.9 Å². The Morgan fingerprint density at radius 1 is 1.16 bits per heavy atom. The second-order valence-corrected chi connectivity index (χ2v) is 8.56. The van der Waals surface area contributed by atoms with Gasteiger partial charge in [0, 0.05) is 16.6 Å². The second kappa shape index (κ2) is 8.03. The van der Waals surface area contributed by atoms with Crippen LogP contribution in [0.1, 0.15) is 45.6 Å². The lowest BCUT2D eigenvalue weighted by molar-refractivity contribution is -0.173. The van der Waals surface area contributed by atoms with E-state index in [1.807, 2.05) is 26.0 Å². The Morgan fingerprint density at radius 3 is 2.52 bits per heavy atom. The van der Waals surface area contributed by atoms with Gasteiger partial charge in [0.25, 0.3) is 5.91 Å². The smallest absolute Gasteiger partial charge is 0.363 e. The monoisotopic (exact) mass is 492 g/mol. The molecule has 0 bridgehead atoms. The summed E-state index contributed by atoms with van der Waals surface area (Å²) in [4.78, 5) is 12.9. The van der Waals surface area contributed by atoms with Crippen LogP contribution in [0, 0.1) is 13.8 Å². The Hall–Kier alpha value is -2.81. The number of anilines is 2. The van der Waals surface area contributed by atoms with Gasteiger partial charge in [-0.2, -0.15) is 18.3 Å². The van der Waals surface area contributed by atoms with Gasteiger partial charge in [0.2, 0.25) is 0 Å². The zero-order chi connectivity index (χ0) is 22.3. The number of fused-ring (bicyclic) bond motifs is 1. The van der Waals surface area contributed by atoms with Crippen LogP contribution in [0.4, 0.5) is 24.7 Å². The van der Waals surface area contributed by atoms with E-state index < -0.39 is 24.2 Å². The quantitative estimate of drug-likeness (QED) is 0.459. The molecule has 2 atom stereocenters. The molecule has 0 radical (unpaired) electrons. The standard InChI is InChI=1S/C22H20BrF3N4O/c1-12-3-8-16(9-13(12)2)28-21(31)17-11-27-30-19(22(24,25)26)10-18(29-20(17)30)14-4-6-15(23)7-5-14/h3-9,11,18-19,29H,10H2,1-2H3,(H,28,31)/t18-,19-/m0/s1. The zero-order valence-electron chi connectivity index (χ0n) is 16.8. The van der Waals surface area contributed by atoms with E-state index in [2.05, 4.69) is 31.7 Å². The molecule has 0 unspecified atom stereocenters. The molecule has 5 nitrogen and oxygen atoms in total. The Balaban J connectivity index is 1.68. The molecular formula is C22H20BrF3N4O. The average Bonchev–Trinajstić information content (AvgIpc) is 3.14. The summed E-state index contributed by atoms with van der Waals surface area (Å²) in [5, 5.41) is 9.76. The Kier molecular flexibility index (Phi) is 5.55. The molecule has 1 aromatic heterocycles. The molecule has 1 amide bonds. The van der Waals surface area contributed by atoms with Crippen LogP contribution in [0.3, 0.4) is 0 Å². The fraction of sp³-hybridized carbons (Fsp3) is 0.273. The van der Waals surface area contributed by atoms with E-state index in [9.17, 15) is 18.0 Å². The molecule has 0 saturated carbocycles. The van der Waals surface area contributed by atoms with Crippen molar-refractivity contribution < 1.29 is 18.0 Å². The molecule has 2 heterocycles. The van der Waals surface area contributed by atoms with Gasteiger partial charge in [0.15, 0.2) is 6.04 Å². The maximum atomic E-state index is 13.8. The van der Waals surface area contributed by atoms with E-state index in [1.165, 1.54) is 6.20 Å². The molecule has 0 spiro atoms. The molecule has 0 saturated heterocycles. The van der Waals surface area contributed by atoms with E-state index in [1.54, 1.807) is 30.3 Å². The zero-order valence-corrected chi connectivity index (χ0v) is 18.4. The summed E-state index contributed by atoms with van der Waals surface area (Å²) in [6.45, 7) is 3.88. The van der Waals surface area contributed by atoms with Crippen LogP contribution in [0.2, 0.25) is 0 Å². The first-order valence-electron chi connectivity index (χ1n) is 9.68. The van der Waals surface area contributed by atoms with Crippen LogP contribution >= 0.6 is 15.9 Å². The molecule has 0 fully saturated rings. The first-order valence-corrected chi connectivity index (χ1v) is 10.5. The van der Waals surface area contributed by atoms with Crippen LogP contribution < -0.4 is 10.6 Å². The lowest BCUT2D eigenvalue weighted by Gasteiger charge is -2.34. The van der Waals surface area contributed by atoms with Crippen LogP contribution in [0.5, 0.6) is 0 Å². The van der Waals surface area contributed by atoms with Crippen LogP contribution in [0.15, 0.2) is 53.1 Å². The van der Waals surface area contributed by atoms with Gasteiger partial charge in [0.05, 0.1) is 12.2 Å². The normalized spacial score (nSPS) is 18.3. The topological polar surface area (TPSA) is 59.0 Å². The number of benzene rings is 2. The van der Waals surface area contributed by atoms with E-state index in [4.69, 9.17) is 0 Å². The largest absolute Gasteiger partial charge is 0.410 e. The van der Waals surface area contributed by atoms with E-state index in [-0.39, 0.29) is 17.8 Å². The molecule has 3 aromatic rings. The summed E-state index contributed by atoms with van der Waals surface area (Å²) >= 11 is 3.34. The number of nitrogens with zero attached hydrogens (tertiary/aromatic N) is 2. The van der Waals surface area contributed by atoms with Crippen molar-refractivity contribution >= 4 is 33.3 Å². The van der Waals surface area contributed by atoms with Gasteiger partial charge in [0.1, 0.15) is 11.4 Å². The number of hydrogen-bond acceptors (Lipinski definition) is 3. The van der Waals surface area contributed by atoms with Gasteiger partial charge in [-0.3, -0.25) is 4.79 Å². The minimum atomic E-state index is -4.50. The third-order valence-corrected chi connectivity index (χ3v) is 6.05. The predicted octanol–water partition coefficient (Wildman–Crippen LogP) is 6.18. The summed E-state index contributed by atoms with van der Waals surface area (Å²) in [6, 6.07) is 10.1. The molecular weight excluding hydrogens is 473 g/mol. The summed E-state index contributed by atoms with van der Waals surface area (Å²) in [6.07, 6.45) is -3.54. The number of aryl methyl sites for hydroxylation is 2. The summed E-state index contributed by atoms with van der Waals surface area (Å²) in [7, 11) is 0. The average molecular weight is 493 g/mol. The number of aromatic nitrogens is 2. The molecule has 1 aliphatic rings. The lowest BCUT2D eigenvalue weighted by Crippen LogP contribution is -2.36.